The van der Waals surface area contributed by atoms with Crippen LogP contribution in [-0.2, 0) is 12.4 Å². The molecule has 4 rings (SSSR count). The number of nitrogens with one attached hydrogen (secondary N) is 1. The summed E-state index contributed by atoms with van der Waals surface area (Å²) in [6.07, 6.45) is -7.47. The van der Waals surface area contributed by atoms with Crippen LogP contribution in [0.15, 0.2) is 36.5 Å². The lowest BCUT2D eigenvalue weighted by molar-refractivity contribution is -0.141. The van der Waals surface area contributed by atoms with Crippen molar-refractivity contribution < 1.29 is 26.3 Å². The zero-order valence-corrected chi connectivity index (χ0v) is 17.1. The Morgan fingerprint density at radius 1 is 0.939 bits per heavy atom. The van der Waals surface area contributed by atoms with Gasteiger partial charge in [-0.15, -0.1) is 0 Å². The van der Waals surface area contributed by atoms with Crippen molar-refractivity contribution in [3.05, 3.63) is 47.9 Å². The highest BCUT2D eigenvalue weighted by Gasteiger charge is 2.34. The van der Waals surface area contributed by atoms with Crippen molar-refractivity contribution in [2.45, 2.75) is 25.7 Å². The van der Waals surface area contributed by atoms with Gasteiger partial charge in [0.25, 0.3) is 0 Å². The molecule has 7 nitrogen and oxygen atoms in total. The first-order valence-corrected chi connectivity index (χ1v) is 9.85. The maximum atomic E-state index is 13.1. The maximum Gasteiger partial charge on any atom is 0.433 e. The molecule has 0 aromatic carbocycles. The summed E-state index contributed by atoms with van der Waals surface area (Å²) in [7, 11) is 0. The van der Waals surface area contributed by atoms with E-state index in [1.165, 1.54) is 18.2 Å². The maximum absolute atomic E-state index is 13.1. The molecule has 1 atom stereocenters. The summed E-state index contributed by atoms with van der Waals surface area (Å²) >= 11 is 0. The van der Waals surface area contributed by atoms with E-state index in [4.69, 9.17) is 0 Å². The first-order valence-electron chi connectivity index (χ1n) is 9.85. The minimum Gasteiger partial charge on any atom is -0.340 e. The second-order valence-electron chi connectivity index (χ2n) is 7.58. The summed E-state index contributed by atoms with van der Waals surface area (Å²) in [5, 5.41) is 2.67. The summed E-state index contributed by atoms with van der Waals surface area (Å²) in [5.74, 6) is 0.269. The number of alkyl halides is 6. The number of hydrogen-bond acceptors (Lipinski definition) is 7. The van der Waals surface area contributed by atoms with Crippen LogP contribution in [0.3, 0.4) is 0 Å². The molecule has 0 saturated carbocycles. The topological polar surface area (TPSA) is 79.7 Å². The molecule has 13 heteroatoms. The van der Waals surface area contributed by atoms with Crippen LogP contribution in [0.2, 0.25) is 0 Å². The molecule has 1 aliphatic heterocycles. The highest BCUT2D eigenvalue weighted by Crippen LogP contribution is 2.31. The third-order valence-corrected chi connectivity index (χ3v) is 4.91. The Kier molecular flexibility index (Phi) is 5.80. The highest BCUT2D eigenvalue weighted by atomic mass is 19.4. The number of anilines is 3. The molecule has 4 heterocycles. The van der Waals surface area contributed by atoms with Gasteiger partial charge in [0.15, 0.2) is 5.82 Å². The standard InChI is InChI=1S/C20H17F6N7/c1-11-6-8-33(10-11)18-31-16(13-3-2-4-14(29-13)19(21,22)23)30-17(32-18)28-12-5-7-27-15(9-12)20(24,25)26/h2-5,7,9,11H,6,8,10H2,1H3,(H,27,28,30,31,32)/t11-/m0/s1. The lowest BCUT2D eigenvalue weighted by Crippen LogP contribution is -2.23. The van der Waals surface area contributed by atoms with Crippen LogP contribution >= 0.6 is 0 Å². The van der Waals surface area contributed by atoms with Gasteiger partial charge in [0.05, 0.1) is 0 Å². The Hall–Kier alpha value is -3.51. The molecule has 0 aliphatic carbocycles. The van der Waals surface area contributed by atoms with E-state index in [2.05, 4.69) is 30.2 Å². The van der Waals surface area contributed by atoms with E-state index in [0.717, 1.165) is 24.8 Å². The van der Waals surface area contributed by atoms with Crippen LogP contribution in [0.5, 0.6) is 0 Å². The fraction of sp³-hybridized carbons (Fsp3) is 0.350. The average molecular weight is 469 g/mol. The molecule has 0 unspecified atom stereocenters. The second-order valence-corrected chi connectivity index (χ2v) is 7.58. The fourth-order valence-electron chi connectivity index (χ4n) is 3.30. The van der Waals surface area contributed by atoms with Crippen molar-refractivity contribution in [1.82, 2.24) is 24.9 Å². The third kappa shape index (κ3) is 5.29. The normalized spacial score (nSPS) is 16.8. The van der Waals surface area contributed by atoms with E-state index < -0.39 is 23.7 Å². The van der Waals surface area contributed by atoms with Gasteiger partial charge in [0.1, 0.15) is 17.1 Å². The number of hydrogen-bond donors (Lipinski definition) is 1. The van der Waals surface area contributed by atoms with E-state index in [-0.39, 0.29) is 29.1 Å². The average Bonchev–Trinajstić information content (AvgIpc) is 3.19. The molecular weight excluding hydrogens is 452 g/mol. The minimum absolute atomic E-state index is 0.00668. The molecule has 1 fully saturated rings. The molecule has 0 bridgehead atoms. The van der Waals surface area contributed by atoms with E-state index in [9.17, 15) is 26.3 Å². The molecule has 0 amide bonds. The summed E-state index contributed by atoms with van der Waals surface area (Å²) < 4.78 is 78.3. The van der Waals surface area contributed by atoms with Crippen LogP contribution in [0, 0.1) is 5.92 Å². The minimum atomic E-state index is -4.66. The number of halogens is 6. The Labute approximate surface area is 183 Å². The number of aromatic nitrogens is 5. The highest BCUT2D eigenvalue weighted by molar-refractivity contribution is 5.59. The van der Waals surface area contributed by atoms with E-state index in [0.29, 0.717) is 19.0 Å². The molecule has 174 valence electrons. The van der Waals surface area contributed by atoms with Crippen LogP contribution in [0.1, 0.15) is 24.7 Å². The lowest BCUT2D eigenvalue weighted by atomic mass is 10.2. The summed E-state index contributed by atoms with van der Waals surface area (Å²) in [5.41, 5.74) is -2.37. The monoisotopic (exact) mass is 469 g/mol. The quantitative estimate of drug-likeness (QED) is 0.542. The first kappa shape index (κ1) is 22.7. The molecule has 1 N–H and O–H groups in total. The van der Waals surface area contributed by atoms with Gasteiger partial charge in [-0.3, -0.25) is 4.98 Å². The molecule has 33 heavy (non-hydrogen) atoms. The lowest BCUT2D eigenvalue weighted by Gasteiger charge is -2.18. The van der Waals surface area contributed by atoms with Gasteiger partial charge in [0.2, 0.25) is 11.9 Å². The predicted octanol–water partition coefficient (Wildman–Crippen LogP) is 4.96. The number of pyridine rings is 2. The van der Waals surface area contributed by atoms with Crippen molar-refractivity contribution in [3.8, 4) is 11.5 Å². The third-order valence-electron chi connectivity index (χ3n) is 4.91. The van der Waals surface area contributed by atoms with Crippen molar-refractivity contribution >= 4 is 17.6 Å². The number of nitrogens with zero attached hydrogens (tertiary/aromatic N) is 6. The summed E-state index contributed by atoms with van der Waals surface area (Å²) in [4.78, 5) is 21.4. The zero-order valence-electron chi connectivity index (χ0n) is 17.1. The summed E-state index contributed by atoms with van der Waals surface area (Å²) in [6, 6.07) is 5.39. The predicted molar refractivity (Wildman–Crippen MR) is 107 cm³/mol. The van der Waals surface area contributed by atoms with Crippen LogP contribution in [0.4, 0.5) is 43.9 Å². The van der Waals surface area contributed by atoms with Gasteiger partial charge in [-0.1, -0.05) is 13.0 Å². The largest absolute Gasteiger partial charge is 0.433 e. The number of rotatable bonds is 4. The Bertz CT molecular complexity index is 1150. The van der Waals surface area contributed by atoms with Crippen LogP contribution < -0.4 is 10.2 Å². The SMILES string of the molecule is C[C@H]1CCN(c2nc(Nc3ccnc(C(F)(F)F)c3)nc(-c3cccc(C(F)(F)F)n3)n2)C1. The molecule has 0 spiro atoms. The van der Waals surface area contributed by atoms with Crippen molar-refractivity contribution in [1.29, 1.82) is 0 Å². The fourth-order valence-corrected chi connectivity index (χ4v) is 3.30. The Morgan fingerprint density at radius 3 is 2.36 bits per heavy atom. The van der Waals surface area contributed by atoms with Crippen molar-refractivity contribution in [3.63, 3.8) is 0 Å². The molecule has 3 aromatic heterocycles. The Morgan fingerprint density at radius 2 is 1.70 bits per heavy atom. The Balaban J connectivity index is 1.75. The molecule has 1 aliphatic rings. The zero-order chi connectivity index (χ0) is 23.8. The van der Waals surface area contributed by atoms with E-state index >= 15 is 0 Å². The molecule has 0 radical (unpaired) electrons. The van der Waals surface area contributed by atoms with Crippen molar-refractivity contribution in [2.75, 3.05) is 23.3 Å². The van der Waals surface area contributed by atoms with Crippen LogP contribution in [-0.4, -0.2) is 38.0 Å². The van der Waals surface area contributed by atoms with Gasteiger partial charge in [0, 0.05) is 25.0 Å². The van der Waals surface area contributed by atoms with Gasteiger partial charge in [-0.05, 0) is 36.6 Å². The first-order chi connectivity index (χ1) is 15.5. The van der Waals surface area contributed by atoms with Crippen molar-refractivity contribution in [2.24, 2.45) is 5.92 Å². The second kappa shape index (κ2) is 8.45. The van der Waals surface area contributed by atoms with E-state index in [1.54, 1.807) is 0 Å². The molecular formula is C20H17F6N7. The smallest absolute Gasteiger partial charge is 0.340 e. The molecule has 3 aromatic rings. The van der Waals surface area contributed by atoms with Crippen LogP contribution in [0.25, 0.3) is 11.5 Å². The van der Waals surface area contributed by atoms with Gasteiger partial charge in [-0.2, -0.15) is 41.3 Å². The van der Waals surface area contributed by atoms with Gasteiger partial charge < -0.3 is 10.2 Å². The van der Waals surface area contributed by atoms with Gasteiger partial charge in [-0.25, -0.2) is 4.98 Å². The molecule has 1 saturated heterocycles. The van der Waals surface area contributed by atoms with Gasteiger partial charge >= 0.3 is 12.4 Å². The van der Waals surface area contributed by atoms with E-state index in [1.807, 2.05) is 11.8 Å². The summed E-state index contributed by atoms with van der Waals surface area (Å²) in [6.45, 7) is 3.27.